The van der Waals surface area contributed by atoms with Gasteiger partial charge in [-0.15, -0.1) is 6.42 Å². The van der Waals surface area contributed by atoms with Crippen LogP contribution in [0.4, 0.5) is 5.69 Å². The third-order valence-corrected chi connectivity index (χ3v) is 4.78. The monoisotopic (exact) mass is 372 g/mol. The number of benzene rings is 2. The molecule has 0 bridgehead atoms. The van der Waals surface area contributed by atoms with Crippen LogP contribution in [0.3, 0.4) is 0 Å². The third-order valence-electron chi connectivity index (χ3n) is 4.78. The highest BCUT2D eigenvalue weighted by molar-refractivity contribution is 5.95. The molecule has 28 heavy (non-hydrogen) atoms. The van der Waals surface area contributed by atoms with Gasteiger partial charge in [-0.25, -0.2) is 0 Å². The molecule has 4 heteroatoms. The molecule has 1 saturated heterocycles. The lowest BCUT2D eigenvalue weighted by Gasteiger charge is -2.19. The molecule has 4 nitrogen and oxygen atoms in total. The van der Waals surface area contributed by atoms with E-state index in [1.165, 1.54) is 5.56 Å². The normalized spacial score (nSPS) is 13.7. The number of carbonyl (C=O) groups excluding carboxylic acids is 2. The summed E-state index contributed by atoms with van der Waals surface area (Å²) in [5.41, 5.74) is 4.03. The van der Waals surface area contributed by atoms with Gasteiger partial charge in [-0.3, -0.25) is 9.59 Å². The van der Waals surface area contributed by atoms with Gasteiger partial charge in [0.15, 0.2) is 0 Å². The smallest absolute Gasteiger partial charge is 0.247 e. The van der Waals surface area contributed by atoms with Crippen molar-refractivity contribution in [2.75, 3.05) is 18.0 Å². The zero-order chi connectivity index (χ0) is 19.9. The maximum atomic E-state index is 12.6. The van der Waals surface area contributed by atoms with Crippen molar-refractivity contribution in [2.24, 2.45) is 0 Å². The molecular formula is C24H24N2O2. The van der Waals surface area contributed by atoms with E-state index in [2.05, 4.69) is 5.92 Å². The molecule has 1 aliphatic heterocycles. The van der Waals surface area contributed by atoms with Crippen LogP contribution in [0.25, 0.3) is 6.08 Å². The molecule has 0 saturated carbocycles. The Labute approximate surface area is 166 Å². The predicted molar refractivity (Wildman–Crippen MR) is 112 cm³/mol. The molecule has 1 aliphatic rings. The highest BCUT2D eigenvalue weighted by atomic mass is 16.2. The van der Waals surface area contributed by atoms with E-state index in [0.717, 1.165) is 29.8 Å². The van der Waals surface area contributed by atoms with E-state index in [1.807, 2.05) is 55.5 Å². The van der Waals surface area contributed by atoms with E-state index in [-0.39, 0.29) is 18.4 Å². The Hall–Kier alpha value is -3.32. The topological polar surface area (TPSA) is 40.6 Å². The van der Waals surface area contributed by atoms with E-state index in [1.54, 1.807) is 22.0 Å². The number of amides is 2. The molecule has 0 unspecified atom stereocenters. The van der Waals surface area contributed by atoms with Gasteiger partial charge < -0.3 is 9.80 Å². The van der Waals surface area contributed by atoms with Crippen molar-refractivity contribution in [2.45, 2.75) is 26.3 Å². The Bertz CT molecular complexity index is 905. The summed E-state index contributed by atoms with van der Waals surface area (Å²) in [6, 6.07) is 15.7. The number of aryl methyl sites for hydroxylation is 1. The van der Waals surface area contributed by atoms with Gasteiger partial charge in [-0.2, -0.15) is 0 Å². The molecule has 3 rings (SSSR count). The molecule has 2 aromatic carbocycles. The summed E-state index contributed by atoms with van der Waals surface area (Å²) in [5, 5.41) is 0. The van der Waals surface area contributed by atoms with Crippen molar-refractivity contribution >= 4 is 23.6 Å². The lowest BCUT2D eigenvalue weighted by molar-refractivity contribution is -0.126. The molecule has 1 heterocycles. The molecule has 2 aromatic rings. The Morgan fingerprint density at radius 2 is 1.89 bits per heavy atom. The van der Waals surface area contributed by atoms with Crippen molar-refractivity contribution in [3.63, 3.8) is 0 Å². The zero-order valence-corrected chi connectivity index (χ0v) is 16.1. The highest BCUT2D eigenvalue weighted by Gasteiger charge is 2.21. The van der Waals surface area contributed by atoms with E-state index in [4.69, 9.17) is 6.42 Å². The van der Waals surface area contributed by atoms with Gasteiger partial charge in [0.05, 0.1) is 6.54 Å². The van der Waals surface area contributed by atoms with Crippen molar-refractivity contribution in [1.29, 1.82) is 0 Å². The number of hydrogen-bond acceptors (Lipinski definition) is 2. The lowest BCUT2D eigenvalue weighted by Crippen LogP contribution is -2.29. The molecule has 0 aliphatic carbocycles. The average molecular weight is 372 g/mol. The SMILES string of the molecule is C#CCN(Cc1ccc(C)cc1)C(=O)/C=C/c1ccc(N2CCCC2=O)cc1. The van der Waals surface area contributed by atoms with Crippen molar-refractivity contribution < 1.29 is 9.59 Å². The summed E-state index contributed by atoms with van der Waals surface area (Å²) in [5.74, 6) is 2.59. The minimum Gasteiger partial charge on any atom is -0.324 e. The van der Waals surface area contributed by atoms with Crippen molar-refractivity contribution in [3.8, 4) is 12.3 Å². The Morgan fingerprint density at radius 1 is 1.18 bits per heavy atom. The largest absolute Gasteiger partial charge is 0.324 e. The molecule has 0 spiro atoms. The number of rotatable bonds is 6. The lowest BCUT2D eigenvalue weighted by atomic mass is 10.1. The fourth-order valence-corrected chi connectivity index (χ4v) is 3.20. The molecule has 0 aromatic heterocycles. The van der Waals surface area contributed by atoms with Gasteiger partial charge in [-0.1, -0.05) is 47.9 Å². The average Bonchev–Trinajstić information content (AvgIpc) is 3.14. The minimum absolute atomic E-state index is 0.127. The maximum Gasteiger partial charge on any atom is 0.247 e. The quantitative estimate of drug-likeness (QED) is 0.572. The summed E-state index contributed by atoms with van der Waals surface area (Å²) < 4.78 is 0. The van der Waals surface area contributed by atoms with Crippen LogP contribution < -0.4 is 4.90 Å². The summed E-state index contributed by atoms with van der Waals surface area (Å²) in [4.78, 5) is 27.9. The number of nitrogens with zero attached hydrogens (tertiary/aromatic N) is 2. The van der Waals surface area contributed by atoms with Gasteiger partial charge in [0, 0.05) is 31.3 Å². The van der Waals surface area contributed by atoms with E-state index >= 15 is 0 Å². The van der Waals surface area contributed by atoms with Gasteiger partial charge in [0.25, 0.3) is 0 Å². The molecule has 0 N–H and O–H groups in total. The molecule has 1 fully saturated rings. The van der Waals surface area contributed by atoms with Gasteiger partial charge >= 0.3 is 0 Å². The second kappa shape index (κ2) is 9.05. The van der Waals surface area contributed by atoms with Gasteiger partial charge in [0.2, 0.25) is 11.8 Å². The number of hydrogen-bond donors (Lipinski definition) is 0. The van der Waals surface area contributed by atoms with Gasteiger partial charge in [-0.05, 0) is 42.7 Å². The van der Waals surface area contributed by atoms with E-state index < -0.39 is 0 Å². The molecule has 2 amide bonds. The van der Waals surface area contributed by atoms with Crippen molar-refractivity contribution in [3.05, 3.63) is 71.3 Å². The first kappa shape index (κ1) is 19.4. The Morgan fingerprint density at radius 3 is 2.50 bits per heavy atom. The van der Waals surface area contributed by atoms with Crippen LogP contribution in [0, 0.1) is 19.3 Å². The maximum absolute atomic E-state index is 12.6. The second-order valence-corrected chi connectivity index (χ2v) is 6.96. The van der Waals surface area contributed by atoms with Crippen LogP contribution in [0.1, 0.15) is 29.5 Å². The van der Waals surface area contributed by atoms with Crippen LogP contribution >= 0.6 is 0 Å². The van der Waals surface area contributed by atoms with Crippen LogP contribution in [-0.2, 0) is 16.1 Å². The highest BCUT2D eigenvalue weighted by Crippen LogP contribution is 2.22. The summed E-state index contributed by atoms with van der Waals surface area (Å²) in [7, 11) is 0. The fraction of sp³-hybridized carbons (Fsp3) is 0.250. The van der Waals surface area contributed by atoms with Crippen molar-refractivity contribution in [1.82, 2.24) is 4.90 Å². The molecular weight excluding hydrogens is 348 g/mol. The van der Waals surface area contributed by atoms with E-state index in [0.29, 0.717) is 13.0 Å². The molecule has 0 atom stereocenters. The first-order valence-corrected chi connectivity index (χ1v) is 9.43. The summed E-state index contributed by atoms with van der Waals surface area (Å²) in [6.07, 6.45) is 10.3. The van der Waals surface area contributed by atoms with E-state index in [9.17, 15) is 9.59 Å². The fourth-order valence-electron chi connectivity index (χ4n) is 3.20. The van der Waals surface area contributed by atoms with Crippen LogP contribution in [0.15, 0.2) is 54.6 Å². The summed E-state index contributed by atoms with van der Waals surface area (Å²) in [6.45, 7) is 3.53. The number of anilines is 1. The number of terminal acetylenes is 1. The Kier molecular flexibility index (Phi) is 6.29. The third kappa shape index (κ3) is 4.89. The van der Waals surface area contributed by atoms with Crippen LogP contribution in [0.2, 0.25) is 0 Å². The zero-order valence-electron chi connectivity index (χ0n) is 16.1. The second-order valence-electron chi connectivity index (χ2n) is 6.96. The first-order valence-electron chi connectivity index (χ1n) is 9.43. The van der Waals surface area contributed by atoms with Crippen LogP contribution in [0.5, 0.6) is 0 Å². The molecule has 0 radical (unpaired) electrons. The first-order chi connectivity index (χ1) is 13.6. The Balaban J connectivity index is 1.65. The minimum atomic E-state index is -0.127. The molecule has 142 valence electrons. The summed E-state index contributed by atoms with van der Waals surface area (Å²) >= 11 is 0. The van der Waals surface area contributed by atoms with Crippen LogP contribution in [-0.4, -0.2) is 29.8 Å². The standard InChI is InChI=1S/C24H24N2O2/c1-3-16-25(18-21-8-6-19(2)7-9-21)23(27)15-12-20-10-13-22(14-11-20)26-17-4-5-24(26)28/h1,6-15H,4-5,16-18H2,2H3/b15-12+. The van der Waals surface area contributed by atoms with Gasteiger partial charge in [0.1, 0.15) is 0 Å². The predicted octanol–water partition coefficient (Wildman–Crippen LogP) is 3.80. The number of carbonyl (C=O) groups is 2.